The van der Waals surface area contributed by atoms with Gasteiger partial charge in [-0.25, -0.2) is 0 Å². The van der Waals surface area contributed by atoms with Crippen molar-refractivity contribution in [1.29, 1.82) is 0 Å². The van der Waals surface area contributed by atoms with E-state index in [1.54, 1.807) is 0 Å². The standard InChI is InChI=1S/C12H15NO2/c1-3-15-11-4-5-12-9(7-11)6-10(8-14)13(12)2/h4-7,14H,3,8H2,1-2H3. The first-order chi connectivity index (χ1) is 7.26. The van der Waals surface area contributed by atoms with E-state index >= 15 is 0 Å². The molecule has 80 valence electrons. The molecule has 0 bridgehead atoms. The molecular weight excluding hydrogens is 190 g/mol. The lowest BCUT2D eigenvalue weighted by Crippen LogP contribution is -1.95. The fraction of sp³-hybridized carbons (Fsp3) is 0.333. The molecule has 3 heteroatoms. The van der Waals surface area contributed by atoms with Gasteiger partial charge in [-0.1, -0.05) is 0 Å². The SMILES string of the molecule is CCOc1ccc2c(c1)cc(CO)n2C. The molecular formula is C12H15NO2. The molecule has 0 amide bonds. The van der Waals surface area contributed by atoms with Crippen LogP contribution in [0, 0.1) is 0 Å². The lowest BCUT2D eigenvalue weighted by Gasteiger charge is -2.03. The molecule has 2 rings (SSSR count). The Morgan fingerprint density at radius 3 is 2.80 bits per heavy atom. The van der Waals surface area contributed by atoms with Gasteiger partial charge in [-0.2, -0.15) is 0 Å². The highest BCUT2D eigenvalue weighted by Crippen LogP contribution is 2.23. The van der Waals surface area contributed by atoms with Gasteiger partial charge in [0, 0.05) is 23.6 Å². The van der Waals surface area contributed by atoms with E-state index in [4.69, 9.17) is 9.84 Å². The molecule has 1 heterocycles. The van der Waals surface area contributed by atoms with Crippen molar-refractivity contribution in [2.24, 2.45) is 7.05 Å². The lowest BCUT2D eigenvalue weighted by molar-refractivity contribution is 0.273. The van der Waals surface area contributed by atoms with Crippen LogP contribution in [0.15, 0.2) is 24.3 Å². The number of hydrogen-bond acceptors (Lipinski definition) is 2. The third kappa shape index (κ3) is 1.70. The third-order valence-electron chi connectivity index (χ3n) is 2.59. The maximum absolute atomic E-state index is 9.14. The first-order valence-electron chi connectivity index (χ1n) is 5.08. The number of aliphatic hydroxyl groups excluding tert-OH is 1. The second-order valence-corrected chi connectivity index (χ2v) is 3.51. The first-order valence-corrected chi connectivity index (χ1v) is 5.08. The molecule has 0 aliphatic heterocycles. The zero-order valence-electron chi connectivity index (χ0n) is 9.03. The van der Waals surface area contributed by atoms with Gasteiger partial charge in [-0.3, -0.25) is 0 Å². The molecule has 0 saturated heterocycles. The topological polar surface area (TPSA) is 34.4 Å². The largest absolute Gasteiger partial charge is 0.494 e. The maximum atomic E-state index is 9.14. The van der Waals surface area contributed by atoms with Crippen LogP contribution in [0.5, 0.6) is 5.75 Å². The second kappa shape index (κ2) is 3.95. The smallest absolute Gasteiger partial charge is 0.120 e. The Bertz CT molecular complexity index is 474. The number of fused-ring (bicyclic) bond motifs is 1. The quantitative estimate of drug-likeness (QED) is 0.832. The van der Waals surface area contributed by atoms with Gasteiger partial charge >= 0.3 is 0 Å². The summed E-state index contributed by atoms with van der Waals surface area (Å²) in [5.74, 6) is 0.875. The van der Waals surface area contributed by atoms with Gasteiger partial charge in [0.05, 0.1) is 13.2 Å². The fourth-order valence-corrected chi connectivity index (χ4v) is 1.79. The van der Waals surface area contributed by atoms with E-state index in [0.717, 1.165) is 22.3 Å². The Balaban J connectivity index is 2.53. The number of nitrogens with zero attached hydrogens (tertiary/aromatic N) is 1. The van der Waals surface area contributed by atoms with Crippen molar-refractivity contribution in [3.63, 3.8) is 0 Å². The van der Waals surface area contributed by atoms with Gasteiger partial charge in [0.25, 0.3) is 0 Å². The van der Waals surface area contributed by atoms with Crippen LogP contribution in [-0.4, -0.2) is 16.3 Å². The van der Waals surface area contributed by atoms with Crippen LogP contribution < -0.4 is 4.74 Å². The number of benzene rings is 1. The predicted octanol–water partition coefficient (Wildman–Crippen LogP) is 2.07. The van der Waals surface area contributed by atoms with Crippen molar-refractivity contribution in [3.05, 3.63) is 30.0 Å². The third-order valence-corrected chi connectivity index (χ3v) is 2.59. The Labute approximate surface area is 88.9 Å². The number of aromatic nitrogens is 1. The number of aryl methyl sites for hydroxylation is 1. The highest BCUT2D eigenvalue weighted by Gasteiger charge is 2.05. The second-order valence-electron chi connectivity index (χ2n) is 3.51. The van der Waals surface area contributed by atoms with Gasteiger partial charge < -0.3 is 14.4 Å². The average molecular weight is 205 g/mol. The molecule has 0 fully saturated rings. The van der Waals surface area contributed by atoms with Crippen molar-refractivity contribution < 1.29 is 9.84 Å². The normalized spacial score (nSPS) is 10.9. The Morgan fingerprint density at radius 2 is 2.13 bits per heavy atom. The number of rotatable bonds is 3. The van der Waals surface area contributed by atoms with Crippen LogP contribution >= 0.6 is 0 Å². The van der Waals surface area contributed by atoms with Gasteiger partial charge in [-0.15, -0.1) is 0 Å². The minimum absolute atomic E-state index is 0.0646. The highest BCUT2D eigenvalue weighted by atomic mass is 16.5. The monoisotopic (exact) mass is 205 g/mol. The summed E-state index contributed by atoms with van der Waals surface area (Å²) in [6, 6.07) is 7.95. The summed E-state index contributed by atoms with van der Waals surface area (Å²) < 4.78 is 7.42. The van der Waals surface area contributed by atoms with Gasteiger partial charge in [-0.05, 0) is 31.2 Å². The molecule has 0 spiro atoms. The van der Waals surface area contributed by atoms with E-state index < -0.39 is 0 Å². The van der Waals surface area contributed by atoms with E-state index in [9.17, 15) is 0 Å². The lowest BCUT2D eigenvalue weighted by atomic mass is 10.2. The molecule has 0 aliphatic carbocycles. The summed E-state index contributed by atoms with van der Waals surface area (Å²) in [7, 11) is 1.95. The molecule has 0 radical (unpaired) electrons. The highest BCUT2D eigenvalue weighted by molar-refractivity contribution is 5.82. The zero-order valence-corrected chi connectivity index (χ0v) is 9.03. The molecule has 1 aromatic heterocycles. The van der Waals surface area contributed by atoms with Crippen LogP contribution in [0.1, 0.15) is 12.6 Å². The van der Waals surface area contributed by atoms with Crippen molar-refractivity contribution in [3.8, 4) is 5.75 Å². The zero-order chi connectivity index (χ0) is 10.8. The molecule has 15 heavy (non-hydrogen) atoms. The van der Waals surface area contributed by atoms with Crippen LogP contribution in [0.2, 0.25) is 0 Å². The molecule has 1 aromatic carbocycles. The Morgan fingerprint density at radius 1 is 1.33 bits per heavy atom. The summed E-state index contributed by atoms with van der Waals surface area (Å²) in [4.78, 5) is 0. The van der Waals surface area contributed by atoms with E-state index in [0.29, 0.717) is 6.61 Å². The van der Waals surface area contributed by atoms with Crippen LogP contribution in [0.25, 0.3) is 10.9 Å². The number of hydrogen-bond donors (Lipinski definition) is 1. The summed E-state index contributed by atoms with van der Waals surface area (Å²) >= 11 is 0. The summed E-state index contributed by atoms with van der Waals surface area (Å²) in [5.41, 5.74) is 2.03. The minimum Gasteiger partial charge on any atom is -0.494 e. The van der Waals surface area contributed by atoms with E-state index in [-0.39, 0.29) is 6.61 Å². The van der Waals surface area contributed by atoms with E-state index in [1.165, 1.54) is 0 Å². The summed E-state index contributed by atoms with van der Waals surface area (Å²) in [6.45, 7) is 2.70. The Kier molecular flexibility index (Phi) is 2.64. The molecule has 0 atom stereocenters. The number of aliphatic hydroxyl groups is 1. The van der Waals surface area contributed by atoms with Gasteiger partial charge in [0.2, 0.25) is 0 Å². The van der Waals surface area contributed by atoms with Crippen LogP contribution in [-0.2, 0) is 13.7 Å². The Hall–Kier alpha value is -1.48. The molecule has 0 saturated carbocycles. The van der Waals surface area contributed by atoms with Crippen molar-refractivity contribution >= 4 is 10.9 Å². The molecule has 2 aromatic rings. The van der Waals surface area contributed by atoms with Gasteiger partial charge in [0.1, 0.15) is 5.75 Å². The van der Waals surface area contributed by atoms with Crippen molar-refractivity contribution in [1.82, 2.24) is 4.57 Å². The predicted molar refractivity (Wildman–Crippen MR) is 60.0 cm³/mol. The molecule has 0 unspecified atom stereocenters. The molecule has 1 N–H and O–H groups in total. The van der Waals surface area contributed by atoms with Crippen molar-refractivity contribution in [2.75, 3.05) is 6.61 Å². The van der Waals surface area contributed by atoms with Crippen LogP contribution in [0.4, 0.5) is 0 Å². The van der Waals surface area contributed by atoms with E-state index in [1.807, 2.05) is 42.8 Å². The minimum atomic E-state index is 0.0646. The van der Waals surface area contributed by atoms with Crippen molar-refractivity contribution in [2.45, 2.75) is 13.5 Å². The fourth-order valence-electron chi connectivity index (χ4n) is 1.79. The first kappa shape index (κ1) is 10.1. The van der Waals surface area contributed by atoms with Crippen LogP contribution in [0.3, 0.4) is 0 Å². The number of ether oxygens (including phenoxy) is 1. The average Bonchev–Trinajstić information content (AvgIpc) is 2.56. The van der Waals surface area contributed by atoms with E-state index in [2.05, 4.69) is 0 Å². The summed E-state index contributed by atoms with van der Waals surface area (Å²) in [6.07, 6.45) is 0. The van der Waals surface area contributed by atoms with Gasteiger partial charge in [0.15, 0.2) is 0 Å². The molecule has 0 aliphatic rings. The summed E-state index contributed by atoms with van der Waals surface area (Å²) in [5, 5.41) is 10.2. The maximum Gasteiger partial charge on any atom is 0.120 e. The molecule has 3 nitrogen and oxygen atoms in total.